The van der Waals surface area contributed by atoms with Crippen LogP contribution in [0.5, 0.6) is 11.6 Å². The van der Waals surface area contributed by atoms with Gasteiger partial charge >= 0.3 is 0 Å². The van der Waals surface area contributed by atoms with Gasteiger partial charge in [-0.3, -0.25) is 0 Å². The Balaban J connectivity index is 1.25. The Labute approximate surface area is 214 Å². The van der Waals surface area contributed by atoms with Crippen LogP contribution in [-0.4, -0.2) is 28.2 Å². The number of anilines is 2. The van der Waals surface area contributed by atoms with Gasteiger partial charge < -0.3 is 24.7 Å². The summed E-state index contributed by atoms with van der Waals surface area (Å²) in [4.78, 5) is 11.4. The molecule has 0 spiro atoms. The molecule has 0 atom stereocenters. The van der Waals surface area contributed by atoms with Gasteiger partial charge in [-0.15, -0.1) is 0 Å². The topological polar surface area (TPSA) is 75.5 Å². The number of nitrogens with one attached hydrogen (secondary N) is 2. The van der Waals surface area contributed by atoms with Gasteiger partial charge in [0.25, 0.3) is 0 Å². The van der Waals surface area contributed by atoms with E-state index in [0.29, 0.717) is 34.3 Å². The van der Waals surface area contributed by atoms with Crippen molar-refractivity contribution in [2.24, 2.45) is 0 Å². The average molecular weight is 506 g/mol. The SMILES string of the molecule is S=C(NCc1ccc(-c2ccc(Cl)cc2)o1)Nc1nc(Oc2ccccc2)cc(N2CCCC2)n1. The normalized spacial score (nSPS) is 13.0. The molecule has 1 aliphatic rings. The molecule has 0 amide bonds. The molecular formula is C26H24ClN5O2S. The summed E-state index contributed by atoms with van der Waals surface area (Å²) in [5, 5.41) is 7.31. The van der Waals surface area contributed by atoms with Crippen molar-refractivity contribution in [3.8, 4) is 23.0 Å². The quantitative estimate of drug-likeness (QED) is 0.285. The molecule has 2 aromatic heterocycles. The van der Waals surface area contributed by atoms with E-state index in [-0.39, 0.29) is 0 Å². The maximum atomic E-state index is 5.98. The van der Waals surface area contributed by atoms with Crippen LogP contribution < -0.4 is 20.3 Å². The van der Waals surface area contributed by atoms with Crippen LogP contribution in [0.1, 0.15) is 18.6 Å². The van der Waals surface area contributed by atoms with Crippen LogP contribution >= 0.6 is 23.8 Å². The second-order valence-corrected chi connectivity index (χ2v) is 8.92. The minimum atomic E-state index is 0.374. The Hall–Kier alpha value is -3.62. The molecule has 0 bridgehead atoms. The molecule has 0 unspecified atom stereocenters. The third-order valence-corrected chi connectivity index (χ3v) is 6.02. The van der Waals surface area contributed by atoms with Gasteiger partial charge in [0.2, 0.25) is 11.8 Å². The second kappa shape index (κ2) is 10.8. The predicted molar refractivity (Wildman–Crippen MR) is 142 cm³/mol. The minimum Gasteiger partial charge on any atom is -0.459 e. The largest absolute Gasteiger partial charge is 0.459 e. The summed E-state index contributed by atoms with van der Waals surface area (Å²) < 4.78 is 11.9. The van der Waals surface area contributed by atoms with E-state index in [1.54, 1.807) is 0 Å². The number of hydrogen-bond donors (Lipinski definition) is 2. The summed E-state index contributed by atoms with van der Waals surface area (Å²) in [6.07, 6.45) is 2.28. The fourth-order valence-corrected chi connectivity index (χ4v) is 4.08. The lowest BCUT2D eigenvalue weighted by Gasteiger charge is -2.18. The Morgan fingerprint density at radius 1 is 1.00 bits per heavy atom. The molecule has 1 aliphatic heterocycles. The highest BCUT2D eigenvalue weighted by atomic mass is 35.5. The van der Waals surface area contributed by atoms with Gasteiger partial charge in [-0.05, 0) is 73.6 Å². The number of furan rings is 1. The molecule has 1 fully saturated rings. The van der Waals surface area contributed by atoms with Crippen LogP contribution in [0, 0.1) is 0 Å². The third-order valence-electron chi connectivity index (χ3n) is 5.52. The predicted octanol–water partition coefficient (Wildman–Crippen LogP) is 6.27. The number of aromatic nitrogens is 2. The van der Waals surface area contributed by atoms with Gasteiger partial charge in [0.1, 0.15) is 23.1 Å². The van der Waals surface area contributed by atoms with E-state index in [2.05, 4.69) is 25.5 Å². The van der Waals surface area contributed by atoms with Gasteiger partial charge in [-0.2, -0.15) is 9.97 Å². The molecule has 4 aromatic rings. The summed E-state index contributed by atoms with van der Waals surface area (Å²) in [5.41, 5.74) is 0.958. The molecule has 178 valence electrons. The van der Waals surface area contributed by atoms with Crippen LogP contribution in [0.2, 0.25) is 5.02 Å². The molecule has 9 heteroatoms. The number of para-hydroxylation sites is 1. The van der Waals surface area contributed by atoms with Crippen LogP contribution in [0.15, 0.2) is 77.2 Å². The zero-order valence-corrected chi connectivity index (χ0v) is 20.5. The van der Waals surface area contributed by atoms with E-state index in [9.17, 15) is 0 Å². The summed E-state index contributed by atoms with van der Waals surface area (Å²) >= 11 is 11.5. The van der Waals surface area contributed by atoms with Crippen LogP contribution in [-0.2, 0) is 6.54 Å². The molecule has 35 heavy (non-hydrogen) atoms. The van der Waals surface area contributed by atoms with Crippen molar-refractivity contribution >= 4 is 40.7 Å². The number of thiocarbonyl (C=S) groups is 1. The van der Waals surface area contributed by atoms with Crippen molar-refractivity contribution in [1.82, 2.24) is 15.3 Å². The molecule has 5 rings (SSSR count). The van der Waals surface area contributed by atoms with E-state index in [4.69, 9.17) is 33.0 Å². The molecule has 0 radical (unpaired) electrons. The molecule has 0 aliphatic carbocycles. The van der Waals surface area contributed by atoms with Crippen molar-refractivity contribution < 1.29 is 9.15 Å². The highest BCUT2D eigenvalue weighted by molar-refractivity contribution is 7.80. The molecular weight excluding hydrogens is 482 g/mol. The van der Waals surface area contributed by atoms with Gasteiger partial charge in [0, 0.05) is 29.7 Å². The molecule has 2 N–H and O–H groups in total. The van der Waals surface area contributed by atoms with Crippen molar-refractivity contribution in [1.29, 1.82) is 0 Å². The van der Waals surface area contributed by atoms with E-state index >= 15 is 0 Å². The lowest BCUT2D eigenvalue weighted by atomic mass is 10.2. The van der Waals surface area contributed by atoms with Crippen molar-refractivity contribution in [3.63, 3.8) is 0 Å². The third kappa shape index (κ3) is 6.09. The van der Waals surface area contributed by atoms with E-state index in [1.165, 1.54) is 0 Å². The first-order valence-corrected chi connectivity index (χ1v) is 12.2. The highest BCUT2D eigenvalue weighted by Crippen LogP contribution is 2.27. The van der Waals surface area contributed by atoms with Crippen molar-refractivity contribution in [2.45, 2.75) is 19.4 Å². The standard InChI is InChI=1S/C26H24ClN5O2S/c27-19-10-8-18(9-11-19)22-13-12-21(33-22)17-28-26(35)31-25-29-23(32-14-4-5-15-32)16-24(30-25)34-20-6-2-1-3-7-20/h1-3,6-13,16H,4-5,14-15,17H2,(H2,28,29,30,31,35). The Morgan fingerprint density at radius 2 is 1.77 bits per heavy atom. The Morgan fingerprint density at radius 3 is 2.54 bits per heavy atom. The summed E-state index contributed by atoms with van der Waals surface area (Å²) in [7, 11) is 0. The molecule has 7 nitrogen and oxygen atoms in total. The Kier molecular flexibility index (Phi) is 7.11. The highest BCUT2D eigenvalue weighted by Gasteiger charge is 2.17. The summed E-state index contributed by atoms with van der Waals surface area (Å²) in [6.45, 7) is 2.33. The van der Waals surface area contributed by atoms with Gasteiger partial charge in [0.05, 0.1) is 6.54 Å². The van der Waals surface area contributed by atoms with Gasteiger partial charge in [-0.25, -0.2) is 0 Å². The number of hydrogen-bond acceptors (Lipinski definition) is 6. The number of benzene rings is 2. The van der Waals surface area contributed by atoms with Crippen molar-refractivity contribution in [2.75, 3.05) is 23.3 Å². The zero-order valence-electron chi connectivity index (χ0n) is 18.9. The first kappa shape index (κ1) is 23.1. The lowest BCUT2D eigenvalue weighted by molar-refractivity contribution is 0.462. The molecule has 1 saturated heterocycles. The zero-order chi connectivity index (χ0) is 24.0. The second-order valence-electron chi connectivity index (χ2n) is 8.08. The fourth-order valence-electron chi connectivity index (χ4n) is 3.79. The fraction of sp³-hybridized carbons (Fsp3) is 0.192. The lowest BCUT2D eigenvalue weighted by Crippen LogP contribution is -2.29. The van der Waals surface area contributed by atoms with E-state index in [1.807, 2.05) is 72.8 Å². The maximum absolute atomic E-state index is 5.98. The summed E-state index contributed by atoms with van der Waals surface area (Å²) in [6, 6.07) is 22.8. The number of halogens is 1. The number of ether oxygens (including phenoxy) is 1. The first-order chi connectivity index (χ1) is 17.1. The number of rotatable bonds is 7. The van der Waals surface area contributed by atoms with Crippen LogP contribution in [0.3, 0.4) is 0 Å². The minimum absolute atomic E-state index is 0.374. The first-order valence-electron chi connectivity index (χ1n) is 11.4. The number of nitrogens with zero attached hydrogens (tertiary/aromatic N) is 3. The van der Waals surface area contributed by atoms with E-state index < -0.39 is 0 Å². The Bertz CT molecular complexity index is 1290. The smallest absolute Gasteiger partial charge is 0.234 e. The maximum Gasteiger partial charge on any atom is 0.234 e. The van der Waals surface area contributed by atoms with E-state index in [0.717, 1.165) is 48.8 Å². The van der Waals surface area contributed by atoms with Gasteiger partial charge in [-0.1, -0.05) is 29.8 Å². The monoisotopic (exact) mass is 505 g/mol. The molecule has 2 aromatic carbocycles. The average Bonchev–Trinajstić information content (AvgIpc) is 3.57. The van der Waals surface area contributed by atoms with Crippen LogP contribution in [0.25, 0.3) is 11.3 Å². The molecule has 0 saturated carbocycles. The summed E-state index contributed by atoms with van der Waals surface area (Å²) in [5.74, 6) is 3.86. The van der Waals surface area contributed by atoms with Gasteiger partial charge in [0.15, 0.2) is 5.11 Å². The van der Waals surface area contributed by atoms with Crippen LogP contribution in [0.4, 0.5) is 11.8 Å². The molecule has 3 heterocycles. The van der Waals surface area contributed by atoms with Crippen molar-refractivity contribution in [3.05, 3.63) is 83.6 Å².